The molecule has 0 unspecified atom stereocenters. The van der Waals surface area contributed by atoms with Crippen molar-refractivity contribution < 1.29 is 16.8 Å². The molecule has 0 amide bonds. The van der Waals surface area contributed by atoms with Gasteiger partial charge in [0.15, 0.2) is 14.0 Å². The van der Waals surface area contributed by atoms with Gasteiger partial charge in [-0.25, -0.2) is 16.8 Å². The number of rotatable bonds is 0. The van der Waals surface area contributed by atoms with Crippen molar-refractivity contribution in [3.63, 3.8) is 0 Å². The van der Waals surface area contributed by atoms with Gasteiger partial charge in [0.2, 0.25) is 9.84 Å². The zero-order chi connectivity index (χ0) is 15.0. The lowest BCUT2D eigenvalue weighted by atomic mass is 9.75. The quantitative estimate of drug-likeness (QED) is 0.534. The molecule has 0 N–H and O–H groups in total. The lowest BCUT2D eigenvalue weighted by molar-refractivity contribution is 0.299. The van der Waals surface area contributed by atoms with E-state index in [1.54, 1.807) is 12.1 Å². The van der Waals surface area contributed by atoms with Crippen molar-refractivity contribution in [3.05, 3.63) is 36.4 Å². The minimum atomic E-state index is -3.91. The summed E-state index contributed by atoms with van der Waals surface area (Å²) in [5, 5.41) is -1.09. The van der Waals surface area contributed by atoms with E-state index in [0.717, 1.165) is 0 Å². The van der Waals surface area contributed by atoms with Gasteiger partial charge in [-0.15, -0.1) is 0 Å². The fourth-order valence-electron chi connectivity index (χ4n) is 3.93. The third-order valence-corrected chi connectivity index (χ3v) is 11.1. The van der Waals surface area contributed by atoms with Crippen LogP contribution in [-0.2, 0) is 19.7 Å². The number of alkyl halides is 1. The highest BCUT2D eigenvalue weighted by molar-refractivity contribution is 8.00. The van der Waals surface area contributed by atoms with Crippen LogP contribution in [0.15, 0.2) is 46.2 Å². The van der Waals surface area contributed by atoms with Gasteiger partial charge in [0.05, 0.1) is 9.79 Å². The Morgan fingerprint density at radius 3 is 2.29 bits per heavy atom. The van der Waals surface area contributed by atoms with Gasteiger partial charge in [-0.3, -0.25) is 0 Å². The fourth-order valence-corrected chi connectivity index (χ4v) is 10.5. The average Bonchev–Trinajstić information content (AvgIpc) is 2.46. The van der Waals surface area contributed by atoms with E-state index in [1.165, 1.54) is 18.2 Å². The molecule has 1 aromatic rings. The van der Waals surface area contributed by atoms with Crippen LogP contribution in [0.3, 0.4) is 0 Å². The predicted molar refractivity (Wildman–Crippen MR) is 78.5 cm³/mol. The molecule has 1 fully saturated rings. The van der Waals surface area contributed by atoms with Gasteiger partial charge < -0.3 is 0 Å². The Morgan fingerprint density at radius 2 is 1.67 bits per heavy atom. The second-order valence-corrected chi connectivity index (χ2v) is 10.9. The number of hydrogen-bond acceptors (Lipinski definition) is 4. The molecule has 112 valence electrons. The van der Waals surface area contributed by atoms with Crippen LogP contribution in [0.25, 0.3) is 0 Å². The van der Waals surface area contributed by atoms with E-state index in [-0.39, 0.29) is 15.7 Å². The SMILES string of the molecule is O=S1(=O)c2ccccc2S(=O)(=O)[C@]2(Cl)[C@H]1[C@@H]1C=C[C@H]2CC1. The Hall–Kier alpha value is -0.850. The molecule has 0 saturated heterocycles. The predicted octanol–water partition coefficient (Wildman–Crippen LogP) is 2.15. The zero-order valence-corrected chi connectivity index (χ0v) is 13.3. The normalized spacial score (nSPS) is 41.3. The first-order valence-electron chi connectivity index (χ1n) is 6.76. The molecule has 4 aliphatic rings. The maximum atomic E-state index is 13.0. The van der Waals surface area contributed by atoms with Crippen molar-refractivity contribution in [3.8, 4) is 0 Å². The van der Waals surface area contributed by atoms with Crippen LogP contribution in [0.5, 0.6) is 0 Å². The fraction of sp³-hybridized carbons (Fsp3) is 0.429. The number of allylic oxidation sites excluding steroid dienone is 2. The largest absolute Gasteiger partial charge is 0.223 e. The Kier molecular flexibility index (Phi) is 2.57. The summed E-state index contributed by atoms with van der Waals surface area (Å²) in [6.45, 7) is 0. The molecule has 3 aliphatic carbocycles. The summed E-state index contributed by atoms with van der Waals surface area (Å²) >= 11 is 6.56. The smallest absolute Gasteiger partial charge is 0.201 e. The first-order valence-corrected chi connectivity index (χ1v) is 10.2. The molecule has 1 saturated carbocycles. The van der Waals surface area contributed by atoms with Gasteiger partial charge in [0, 0.05) is 5.92 Å². The van der Waals surface area contributed by atoms with Crippen LogP contribution in [0.2, 0.25) is 0 Å². The van der Waals surface area contributed by atoms with Crippen LogP contribution >= 0.6 is 11.6 Å². The van der Waals surface area contributed by atoms with E-state index in [0.29, 0.717) is 12.8 Å². The summed E-state index contributed by atoms with van der Waals surface area (Å²) in [6, 6.07) is 5.78. The van der Waals surface area contributed by atoms with E-state index in [1.807, 2.05) is 6.08 Å². The summed E-state index contributed by atoms with van der Waals surface area (Å²) in [7, 11) is -7.68. The first kappa shape index (κ1) is 13.8. The maximum Gasteiger partial charge on any atom is 0.201 e. The Balaban J connectivity index is 2.16. The summed E-state index contributed by atoms with van der Waals surface area (Å²) in [6.07, 6.45) is 4.87. The highest BCUT2D eigenvalue weighted by atomic mass is 35.5. The second-order valence-electron chi connectivity index (χ2n) is 5.85. The average molecular weight is 345 g/mol. The molecule has 21 heavy (non-hydrogen) atoms. The summed E-state index contributed by atoms with van der Waals surface area (Å²) < 4.78 is 50.1. The minimum absolute atomic E-state index is 0.104. The monoisotopic (exact) mass is 344 g/mol. The molecule has 1 heterocycles. The molecule has 0 spiro atoms. The van der Waals surface area contributed by atoms with Crippen molar-refractivity contribution >= 4 is 31.3 Å². The Bertz CT molecular complexity index is 872. The molecule has 5 rings (SSSR count). The summed E-state index contributed by atoms with van der Waals surface area (Å²) in [5.41, 5.74) is 0. The Labute approximate surface area is 128 Å². The van der Waals surface area contributed by atoms with E-state index < -0.39 is 35.0 Å². The van der Waals surface area contributed by atoms with E-state index in [4.69, 9.17) is 11.6 Å². The lowest BCUT2D eigenvalue weighted by Gasteiger charge is -2.51. The van der Waals surface area contributed by atoms with Gasteiger partial charge in [0.1, 0.15) is 5.25 Å². The minimum Gasteiger partial charge on any atom is -0.223 e. The van der Waals surface area contributed by atoms with Crippen LogP contribution in [0.1, 0.15) is 12.8 Å². The van der Waals surface area contributed by atoms with E-state index in [9.17, 15) is 16.8 Å². The molecule has 0 aromatic heterocycles. The summed E-state index contributed by atoms with van der Waals surface area (Å²) in [4.78, 5) is -0.260. The highest BCUT2D eigenvalue weighted by Crippen LogP contribution is 2.58. The molecular weight excluding hydrogens is 332 g/mol. The maximum absolute atomic E-state index is 13.0. The third kappa shape index (κ3) is 1.41. The Morgan fingerprint density at radius 1 is 1.00 bits per heavy atom. The lowest BCUT2D eigenvalue weighted by Crippen LogP contribution is -2.62. The highest BCUT2D eigenvalue weighted by Gasteiger charge is 2.67. The van der Waals surface area contributed by atoms with Gasteiger partial charge in [-0.05, 0) is 30.9 Å². The molecular formula is C14H13ClO4S2. The van der Waals surface area contributed by atoms with Gasteiger partial charge in [-0.2, -0.15) is 0 Å². The number of sulfone groups is 2. The van der Waals surface area contributed by atoms with Crippen molar-refractivity contribution in [2.75, 3.05) is 0 Å². The standard InChI is InChI=1S/C14H13ClO4S2/c15-14-10-7-5-9(6-8-10)13(14)20(16,17)11-3-1-2-4-12(11)21(14,18)19/h1-5,7,9-10,13H,6,8H2/t9-,10+,13-,14+/m1/s1. The van der Waals surface area contributed by atoms with Gasteiger partial charge >= 0.3 is 0 Å². The molecule has 4 atom stereocenters. The van der Waals surface area contributed by atoms with Crippen LogP contribution in [0.4, 0.5) is 0 Å². The van der Waals surface area contributed by atoms with Gasteiger partial charge in [-0.1, -0.05) is 35.9 Å². The molecule has 4 nitrogen and oxygen atoms in total. The number of fused-ring (bicyclic) bond motifs is 2. The van der Waals surface area contributed by atoms with Crippen molar-refractivity contribution in [2.24, 2.45) is 11.8 Å². The van der Waals surface area contributed by atoms with E-state index >= 15 is 0 Å². The molecule has 1 aromatic carbocycles. The number of benzene rings is 1. The molecule has 1 aliphatic heterocycles. The molecule has 2 bridgehead atoms. The van der Waals surface area contributed by atoms with Crippen LogP contribution < -0.4 is 0 Å². The van der Waals surface area contributed by atoms with Crippen molar-refractivity contribution in [1.82, 2.24) is 0 Å². The van der Waals surface area contributed by atoms with Gasteiger partial charge in [0.25, 0.3) is 0 Å². The molecule has 7 heteroatoms. The zero-order valence-electron chi connectivity index (χ0n) is 10.9. The van der Waals surface area contributed by atoms with Crippen LogP contribution in [-0.4, -0.2) is 26.3 Å². The number of halogens is 1. The number of hydrogen-bond donors (Lipinski definition) is 0. The second kappa shape index (κ2) is 3.91. The van der Waals surface area contributed by atoms with E-state index in [2.05, 4.69) is 0 Å². The topological polar surface area (TPSA) is 68.3 Å². The summed E-state index contributed by atoms with van der Waals surface area (Å²) in [5.74, 6) is -0.789. The van der Waals surface area contributed by atoms with Crippen molar-refractivity contribution in [2.45, 2.75) is 32.1 Å². The van der Waals surface area contributed by atoms with Crippen LogP contribution in [0, 0.1) is 11.8 Å². The molecule has 0 radical (unpaired) electrons. The first-order chi connectivity index (χ1) is 9.81. The third-order valence-electron chi connectivity index (χ3n) is 4.88. The van der Waals surface area contributed by atoms with Crippen molar-refractivity contribution in [1.29, 1.82) is 0 Å².